The molecule has 2 heterocycles. The Morgan fingerprint density at radius 1 is 0.870 bits per heavy atom. The first-order valence-corrected chi connectivity index (χ1v) is 16.0. The van der Waals surface area contributed by atoms with E-state index in [-0.39, 0.29) is 24.2 Å². The van der Waals surface area contributed by atoms with E-state index in [1.54, 1.807) is 60.9 Å². The second kappa shape index (κ2) is 17.1. The highest BCUT2D eigenvalue weighted by Crippen LogP contribution is 2.34. The molecule has 4 aromatic rings. The van der Waals surface area contributed by atoms with Gasteiger partial charge in [0, 0.05) is 40.8 Å². The van der Waals surface area contributed by atoms with Crippen LogP contribution in [0.25, 0.3) is 0 Å². The van der Waals surface area contributed by atoms with Crippen LogP contribution in [0.3, 0.4) is 0 Å². The van der Waals surface area contributed by atoms with Crippen LogP contribution >= 0.6 is 24.0 Å². The van der Waals surface area contributed by atoms with Gasteiger partial charge in [0.15, 0.2) is 0 Å². The van der Waals surface area contributed by atoms with Crippen molar-refractivity contribution in [3.63, 3.8) is 0 Å². The molecule has 2 amide bonds. The minimum absolute atomic E-state index is 0. The van der Waals surface area contributed by atoms with Crippen LogP contribution in [0.5, 0.6) is 5.75 Å². The highest BCUT2D eigenvalue weighted by Gasteiger charge is 2.22. The largest absolute Gasteiger partial charge is 0.489 e. The number of unbranched alkanes of at least 4 members (excludes halogenated alkanes) is 1. The van der Waals surface area contributed by atoms with E-state index < -0.39 is 0 Å². The van der Waals surface area contributed by atoms with Crippen molar-refractivity contribution in [1.82, 2.24) is 15.2 Å². The number of halogens is 2. The number of amides is 2. The number of hydrogen-bond donors (Lipinski definition) is 2. The number of aryl methyl sites for hydroxylation is 2. The molecule has 5 rings (SSSR count). The number of benzene rings is 3. The standard InChI is InChI=1S/C37H41ClN4O3.ClH/c1-26-24-35(45-25-28-13-18-39-19-14-28)27(2)23-34(26)29-15-21-42(22-16-29)20-4-3-17-40-36(43)30-7-11-33(12-8-30)41-37(44)31-5-9-32(38)10-6-31;/h5-14,18-19,23-24,29H,3-4,15-17,20-22,25H2,1-2H3,(H,40,43)(H,41,44);1H. The van der Waals surface area contributed by atoms with Crippen LogP contribution in [0.1, 0.15) is 74.6 Å². The van der Waals surface area contributed by atoms with E-state index >= 15 is 0 Å². The third kappa shape index (κ3) is 9.79. The summed E-state index contributed by atoms with van der Waals surface area (Å²) >= 11 is 5.89. The van der Waals surface area contributed by atoms with Gasteiger partial charge in [0.1, 0.15) is 12.4 Å². The van der Waals surface area contributed by atoms with Crippen molar-refractivity contribution >= 4 is 41.5 Å². The number of anilines is 1. The molecule has 1 aliphatic rings. The first kappa shape index (κ1) is 35.0. The average Bonchev–Trinajstić information content (AvgIpc) is 3.06. The Morgan fingerprint density at radius 2 is 1.52 bits per heavy atom. The zero-order valence-electron chi connectivity index (χ0n) is 26.4. The number of carbonyl (C=O) groups is 2. The summed E-state index contributed by atoms with van der Waals surface area (Å²) in [5.74, 6) is 1.19. The molecule has 1 aromatic heterocycles. The molecule has 0 radical (unpaired) electrons. The average molecular weight is 662 g/mol. The van der Waals surface area contributed by atoms with Crippen molar-refractivity contribution in [1.29, 1.82) is 0 Å². The van der Waals surface area contributed by atoms with Gasteiger partial charge in [-0.1, -0.05) is 17.7 Å². The first-order chi connectivity index (χ1) is 21.9. The monoisotopic (exact) mass is 660 g/mol. The minimum Gasteiger partial charge on any atom is -0.489 e. The molecule has 7 nitrogen and oxygen atoms in total. The molecule has 0 unspecified atom stereocenters. The van der Waals surface area contributed by atoms with Crippen molar-refractivity contribution in [3.05, 3.63) is 124 Å². The Morgan fingerprint density at radius 3 is 2.22 bits per heavy atom. The van der Waals surface area contributed by atoms with Gasteiger partial charge in [-0.3, -0.25) is 14.6 Å². The minimum atomic E-state index is -0.226. The fourth-order valence-corrected chi connectivity index (χ4v) is 5.91. The van der Waals surface area contributed by atoms with Crippen molar-refractivity contribution in [2.45, 2.75) is 52.1 Å². The van der Waals surface area contributed by atoms with Gasteiger partial charge in [-0.2, -0.15) is 0 Å². The van der Waals surface area contributed by atoms with Gasteiger partial charge >= 0.3 is 0 Å². The van der Waals surface area contributed by atoms with Crippen molar-refractivity contribution < 1.29 is 14.3 Å². The van der Waals surface area contributed by atoms with Crippen LogP contribution < -0.4 is 15.4 Å². The normalized spacial score (nSPS) is 13.5. The number of pyridine rings is 1. The molecule has 0 atom stereocenters. The van der Waals surface area contributed by atoms with Crippen LogP contribution in [-0.4, -0.2) is 47.9 Å². The van der Waals surface area contributed by atoms with E-state index in [0.717, 1.165) is 56.6 Å². The van der Waals surface area contributed by atoms with Gasteiger partial charge in [0.05, 0.1) is 0 Å². The second-order valence-corrected chi connectivity index (χ2v) is 12.2. The number of rotatable bonds is 12. The number of hydrogen-bond acceptors (Lipinski definition) is 5. The lowest BCUT2D eigenvalue weighted by atomic mass is 9.85. The number of ether oxygens (including phenoxy) is 1. The van der Waals surface area contributed by atoms with Gasteiger partial charge in [-0.15, -0.1) is 12.4 Å². The number of nitrogens with one attached hydrogen (secondary N) is 2. The van der Waals surface area contributed by atoms with Crippen LogP contribution in [-0.2, 0) is 6.61 Å². The van der Waals surface area contributed by atoms with E-state index in [4.69, 9.17) is 16.3 Å². The summed E-state index contributed by atoms with van der Waals surface area (Å²) in [5, 5.41) is 6.44. The van der Waals surface area contributed by atoms with Crippen LogP contribution in [0.4, 0.5) is 5.69 Å². The van der Waals surface area contributed by atoms with E-state index in [0.29, 0.717) is 40.9 Å². The van der Waals surface area contributed by atoms with Crippen molar-refractivity contribution in [2.24, 2.45) is 0 Å². The lowest BCUT2D eigenvalue weighted by molar-refractivity contribution is 0.0951. The summed E-state index contributed by atoms with van der Waals surface area (Å²) in [6, 6.07) is 22.1. The Bertz CT molecular complexity index is 1570. The Kier molecular flexibility index (Phi) is 13.0. The number of aromatic nitrogens is 1. The fraction of sp³-hybridized carbons (Fsp3) is 0.324. The summed E-state index contributed by atoms with van der Waals surface area (Å²) in [4.78, 5) is 31.6. The van der Waals surface area contributed by atoms with Crippen molar-refractivity contribution in [2.75, 3.05) is 31.5 Å². The van der Waals surface area contributed by atoms with E-state index in [1.165, 1.54) is 16.7 Å². The Balaban J connectivity index is 0.00000480. The SMILES string of the molecule is Cc1cc(C2CCN(CCCCNC(=O)c3ccc(NC(=O)c4ccc(Cl)cc4)cc3)CC2)c(C)cc1OCc1ccncc1.Cl. The Labute approximate surface area is 283 Å². The predicted octanol–water partition coefficient (Wildman–Crippen LogP) is 7.99. The molecule has 0 aliphatic carbocycles. The Hall–Kier alpha value is -3.91. The molecule has 0 bridgehead atoms. The molecule has 9 heteroatoms. The molecule has 1 aliphatic heterocycles. The maximum atomic E-state index is 12.6. The van der Waals surface area contributed by atoms with Crippen LogP contribution in [0.15, 0.2) is 85.2 Å². The van der Waals surface area contributed by atoms with Crippen LogP contribution in [0.2, 0.25) is 5.02 Å². The van der Waals surface area contributed by atoms with Gasteiger partial charge in [0.2, 0.25) is 0 Å². The predicted molar refractivity (Wildman–Crippen MR) is 188 cm³/mol. The fourth-order valence-electron chi connectivity index (χ4n) is 5.79. The molecule has 0 spiro atoms. The van der Waals surface area contributed by atoms with Gasteiger partial charge < -0.3 is 20.3 Å². The molecular formula is C37H42Cl2N4O3. The summed E-state index contributed by atoms with van der Waals surface area (Å²) in [6.07, 6.45) is 7.88. The summed E-state index contributed by atoms with van der Waals surface area (Å²) in [6.45, 7) is 8.75. The third-order valence-corrected chi connectivity index (χ3v) is 8.68. The number of likely N-dealkylation sites (tertiary alicyclic amines) is 1. The highest BCUT2D eigenvalue weighted by molar-refractivity contribution is 6.30. The quantitative estimate of drug-likeness (QED) is 0.151. The molecule has 1 fully saturated rings. The van der Waals surface area contributed by atoms with E-state index in [1.807, 2.05) is 12.1 Å². The van der Waals surface area contributed by atoms with E-state index in [2.05, 4.69) is 46.5 Å². The molecule has 1 saturated heterocycles. The maximum absolute atomic E-state index is 12.6. The third-order valence-electron chi connectivity index (χ3n) is 8.43. The number of carbonyl (C=O) groups excluding carboxylic acids is 2. The van der Waals surface area contributed by atoms with Crippen molar-refractivity contribution in [3.8, 4) is 5.75 Å². The number of nitrogens with zero attached hydrogens (tertiary/aromatic N) is 2. The lowest BCUT2D eigenvalue weighted by Gasteiger charge is -2.33. The second-order valence-electron chi connectivity index (χ2n) is 11.7. The molecular weight excluding hydrogens is 619 g/mol. The van der Waals surface area contributed by atoms with Gasteiger partial charge in [-0.05, 0) is 154 Å². The highest BCUT2D eigenvalue weighted by atomic mass is 35.5. The molecule has 3 aromatic carbocycles. The smallest absolute Gasteiger partial charge is 0.255 e. The zero-order valence-corrected chi connectivity index (χ0v) is 28.0. The molecule has 242 valence electrons. The lowest BCUT2D eigenvalue weighted by Crippen LogP contribution is -2.34. The van der Waals surface area contributed by atoms with Crippen LogP contribution in [0, 0.1) is 13.8 Å². The zero-order chi connectivity index (χ0) is 31.6. The molecule has 46 heavy (non-hydrogen) atoms. The molecule has 2 N–H and O–H groups in total. The molecule has 0 saturated carbocycles. The van der Waals surface area contributed by atoms with Gasteiger partial charge in [-0.25, -0.2) is 0 Å². The van der Waals surface area contributed by atoms with Gasteiger partial charge in [0.25, 0.3) is 11.8 Å². The maximum Gasteiger partial charge on any atom is 0.255 e. The summed E-state index contributed by atoms with van der Waals surface area (Å²) < 4.78 is 6.12. The van der Waals surface area contributed by atoms with E-state index in [9.17, 15) is 9.59 Å². The summed E-state index contributed by atoms with van der Waals surface area (Å²) in [5.41, 5.74) is 6.77. The number of piperidine rings is 1. The first-order valence-electron chi connectivity index (χ1n) is 15.7. The summed E-state index contributed by atoms with van der Waals surface area (Å²) in [7, 11) is 0. The topological polar surface area (TPSA) is 83.6 Å².